The number of amides is 2. The van der Waals surface area contributed by atoms with Crippen LogP contribution in [0.1, 0.15) is 23.7 Å². The van der Waals surface area contributed by atoms with Gasteiger partial charge in [0.2, 0.25) is 5.91 Å². The minimum atomic E-state index is -0.789. The van der Waals surface area contributed by atoms with Gasteiger partial charge >= 0.3 is 5.97 Å². The normalized spacial score (nSPS) is 19.0. The van der Waals surface area contributed by atoms with Crippen molar-refractivity contribution in [3.05, 3.63) is 83.1 Å². The first-order chi connectivity index (χ1) is 17.4. The molecule has 2 amide bonds. The van der Waals surface area contributed by atoms with Gasteiger partial charge in [-0.3, -0.25) is 19.3 Å². The maximum absolute atomic E-state index is 13.7. The summed E-state index contributed by atoms with van der Waals surface area (Å²) >= 11 is 6.09. The van der Waals surface area contributed by atoms with E-state index in [-0.39, 0.29) is 29.1 Å². The number of carbonyl (C=O) groups excluding carboxylic acids is 4. The minimum absolute atomic E-state index is 0.0735. The average molecular weight is 590 g/mol. The summed E-state index contributed by atoms with van der Waals surface area (Å²) in [6.45, 7) is 0. The standard InChI is InChI=1S/C26H25BrN2O5S2/c1-35-14-18-15-36-25-21(28-20(31)12-19(30)13-27)24(32)29(25)22(18)26(33)34-23(16-8-4-2-5-9-16)17-10-6-3-7-11-17/h2-11,21,23,25H,12-15H2,1H3,(H,28,31)/t21?,25-/m1/s1. The molecule has 4 rings (SSSR count). The molecule has 0 bridgehead atoms. The van der Waals surface area contributed by atoms with Crippen LogP contribution in [0.15, 0.2) is 71.9 Å². The number of esters is 1. The van der Waals surface area contributed by atoms with E-state index in [1.165, 1.54) is 16.7 Å². The van der Waals surface area contributed by atoms with E-state index in [4.69, 9.17) is 4.74 Å². The van der Waals surface area contributed by atoms with Gasteiger partial charge in [-0.1, -0.05) is 76.6 Å². The van der Waals surface area contributed by atoms with Crippen LogP contribution >= 0.6 is 39.5 Å². The molecule has 36 heavy (non-hydrogen) atoms. The van der Waals surface area contributed by atoms with Crippen molar-refractivity contribution in [1.29, 1.82) is 0 Å². The molecular weight excluding hydrogens is 564 g/mol. The molecule has 1 N–H and O–H groups in total. The fourth-order valence-corrected chi connectivity index (χ4v) is 6.42. The molecule has 188 valence electrons. The van der Waals surface area contributed by atoms with E-state index in [2.05, 4.69) is 21.2 Å². The van der Waals surface area contributed by atoms with Crippen LogP contribution in [0.25, 0.3) is 0 Å². The summed E-state index contributed by atoms with van der Waals surface area (Å²) in [5, 5.41) is 2.30. The molecule has 0 saturated carbocycles. The zero-order valence-electron chi connectivity index (χ0n) is 19.5. The molecule has 0 aromatic heterocycles. The number of hydrogen-bond donors (Lipinski definition) is 1. The number of fused-ring (bicyclic) bond motifs is 1. The van der Waals surface area contributed by atoms with Gasteiger partial charge < -0.3 is 10.1 Å². The topological polar surface area (TPSA) is 92.8 Å². The molecule has 2 aromatic rings. The Morgan fingerprint density at radius 3 is 2.28 bits per heavy atom. The lowest BCUT2D eigenvalue weighted by atomic mass is 10.0. The van der Waals surface area contributed by atoms with Crippen molar-refractivity contribution in [2.75, 3.05) is 23.1 Å². The Morgan fingerprint density at radius 2 is 1.72 bits per heavy atom. The van der Waals surface area contributed by atoms with Crippen LogP contribution < -0.4 is 5.32 Å². The van der Waals surface area contributed by atoms with Crippen molar-refractivity contribution in [3.63, 3.8) is 0 Å². The van der Waals surface area contributed by atoms with Crippen molar-refractivity contribution in [1.82, 2.24) is 10.2 Å². The maximum Gasteiger partial charge on any atom is 0.356 e. The highest BCUT2D eigenvalue weighted by atomic mass is 79.9. The third-order valence-electron chi connectivity index (χ3n) is 5.81. The largest absolute Gasteiger partial charge is 0.448 e. The summed E-state index contributed by atoms with van der Waals surface area (Å²) < 4.78 is 6.08. The monoisotopic (exact) mass is 588 g/mol. The Balaban J connectivity index is 1.58. The number of halogens is 1. The summed E-state index contributed by atoms with van der Waals surface area (Å²) in [6.07, 6.45) is 0.994. The van der Waals surface area contributed by atoms with Crippen LogP contribution in [-0.4, -0.2) is 63.0 Å². The summed E-state index contributed by atoms with van der Waals surface area (Å²) in [7, 11) is 0. The van der Waals surface area contributed by atoms with Crippen LogP contribution in [0.3, 0.4) is 0 Å². The SMILES string of the molecule is CSCC1=C(C(=O)OC(c2ccccc2)c2ccccc2)N2C(=O)C(NC(=O)CC(=O)CBr)[C@H]2SC1. The molecule has 1 unspecified atom stereocenters. The molecule has 0 radical (unpaired) electrons. The Morgan fingerprint density at radius 1 is 1.11 bits per heavy atom. The van der Waals surface area contributed by atoms with Crippen molar-refractivity contribution in [3.8, 4) is 0 Å². The summed E-state index contributed by atoms with van der Waals surface area (Å²) in [5.74, 6) is -0.621. The number of alkyl halides is 1. The first-order valence-electron chi connectivity index (χ1n) is 11.3. The Labute approximate surface area is 226 Å². The third-order valence-corrected chi connectivity index (χ3v) is 8.41. The number of hydrogen-bond acceptors (Lipinski definition) is 7. The Kier molecular flexibility index (Phi) is 8.92. The second-order valence-corrected chi connectivity index (χ2v) is 10.8. The molecule has 1 saturated heterocycles. The van der Waals surface area contributed by atoms with Gasteiger partial charge in [0.05, 0.1) is 11.8 Å². The second-order valence-electron chi connectivity index (χ2n) is 8.30. The van der Waals surface area contributed by atoms with E-state index in [0.717, 1.165) is 16.7 Å². The Hall–Kier alpha value is -2.56. The number of Topliss-reactive ketones (excluding diaryl/α,β-unsaturated/α-hetero) is 1. The van der Waals surface area contributed by atoms with Gasteiger partial charge in [0.1, 0.15) is 17.1 Å². The summed E-state index contributed by atoms with van der Waals surface area (Å²) in [5.41, 5.74) is 2.71. The molecule has 1 fully saturated rings. The van der Waals surface area contributed by atoms with E-state index in [9.17, 15) is 19.2 Å². The highest BCUT2D eigenvalue weighted by Gasteiger charge is 2.54. The van der Waals surface area contributed by atoms with Gasteiger partial charge in [-0.25, -0.2) is 4.79 Å². The number of nitrogens with zero attached hydrogens (tertiary/aromatic N) is 1. The van der Waals surface area contributed by atoms with E-state index in [1.54, 1.807) is 11.8 Å². The lowest BCUT2D eigenvalue weighted by Crippen LogP contribution is -2.70. The van der Waals surface area contributed by atoms with Crippen molar-refractivity contribution >= 4 is 63.0 Å². The number of benzene rings is 2. The fraction of sp³-hybridized carbons (Fsp3) is 0.308. The van der Waals surface area contributed by atoms with Crippen LogP contribution in [0, 0.1) is 0 Å². The number of ketones is 1. The number of β-lactam (4-membered cyclic amide) rings is 1. The van der Waals surface area contributed by atoms with Gasteiger partial charge in [-0.2, -0.15) is 11.8 Å². The van der Waals surface area contributed by atoms with E-state index >= 15 is 0 Å². The zero-order chi connectivity index (χ0) is 25.7. The molecule has 7 nitrogen and oxygen atoms in total. The number of thioether (sulfide) groups is 2. The molecule has 2 aliphatic heterocycles. The molecule has 2 aliphatic rings. The van der Waals surface area contributed by atoms with E-state index in [1.807, 2.05) is 66.9 Å². The van der Waals surface area contributed by atoms with Gasteiger partial charge in [-0.05, 0) is 23.0 Å². The van der Waals surface area contributed by atoms with Crippen molar-refractivity contribution in [2.24, 2.45) is 0 Å². The smallest absolute Gasteiger partial charge is 0.356 e. The van der Waals surface area contributed by atoms with Gasteiger partial charge in [0.15, 0.2) is 11.9 Å². The predicted octanol–water partition coefficient (Wildman–Crippen LogP) is 3.69. The third kappa shape index (κ3) is 5.71. The quantitative estimate of drug-likeness (QED) is 0.196. The number of nitrogens with one attached hydrogen (secondary N) is 1. The van der Waals surface area contributed by atoms with Crippen molar-refractivity contribution in [2.45, 2.75) is 23.9 Å². The van der Waals surface area contributed by atoms with E-state index in [0.29, 0.717) is 11.5 Å². The predicted molar refractivity (Wildman–Crippen MR) is 145 cm³/mol. The number of ether oxygens (including phenoxy) is 1. The first kappa shape index (κ1) is 26.5. The molecule has 2 heterocycles. The molecule has 0 aliphatic carbocycles. The first-order valence-corrected chi connectivity index (χ1v) is 14.8. The Bertz CT molecular complexity index is 1140. The highest BCUT2D eigenvalue weighted by Crippen LogP contribution is 2.42. The van der Waals surface area contributed by atoms with Crippen LogP contribution in [0.5, 0.6) is 0 Å². The second kappa shape index (κ2) is 12.1. The lowest BCUT2D eigenvalue weighted by molar-refractivity contribution is -0.154. The molecule has 2 atom stereocenters. The van der Waals surface area contributed by atoms with E-state index < -0.39 is 29.4 Å². The van der Waals surface area contributed by atoms with Crippen LogP contribution in [0.2, 0.25) is 0 Å². The number of rotatable bonds is 10. The minimum Gasteiger partial charge on any atom is -0.448 e. The van der Waals surface area contributed by atoms with Crippen molar-refractivity contribution < 1.29 is 23.9 Å². The maximum atomic E-state index is 13.7. The summed E-state index contributed by atoms with van der Waals surface area (Å²) in [4.78, 5) is 52.1. The zero-order valence-corrected chi connectivity index (χ0v) is 22.7. The molecule has 0 spiro atoms. The van der Waals surface area contributed by atoms with Gasteiger partial charge in [-0.15, -0.1) is 11.8 Å². The lowest BCUT2D eigenvalue weighted by Gasteiger charge is -2.49. The fourth-order valence-electron chi connectivity index (χ4n) is 4.15. The molecule has 2 aromatic carbocycles. The highest BCUT2D eigenvalue weighted by molar-refractivity contribution is 9.09. The van der Waals surface area contributed by atoms with Gasteiger partial charge in [0, 0.05) is 11.5 Å². The van der Waals surface area contributed by atoms with Gasteiger partial charge in [0.25, 0.3) is 5.91 Å². The molecular formula is C26H25BrN2O5S2. The molecule has 10 heteroatoms. The van der Waals surface area contributed by atoms with Crippen LogP contribution in [-0.2, 0) is 23.9 Å². The summed E-state index contributed by atoms with van der Waals surface area (Å²) in [6, 6.07) is 18.1. The number of carbonyl (C=O) groups is 4. The average Bonchev–Trinajstić information content (AvgIpc) is 2.91. The van der Waals surface area contributed by atoms with Crippen LogP contribution in [0.4, 0.5) is 0 Å².